The molecule has 0 bridgehead atoms. The summed E-state index contributed by atoms with van der Waals surface area (Å²) in [6.07, 6.45) is 1.38. The number of fused-ring (bicyclic) bond motifs is 1. The molecule has 0 spiro atoms. The van der Waals surface area contributed by atoms with Crippen LogP contribution in [0.4, 0.5) is 22.0 Å². The van der Waals surface area contributed by atoms with Gasteiger partial charge in [-0.1, -0.05) is 24.3 Å². The van der Waals surface area contributed by atoms with Gasteiger partial charge in [0, 0.05) is 23.3 Å². The van der Waals surface area contributed by atoms with Gasteiger partial charge in [0.25, 0.3) is 5.91 Å². The molecular weight excluding hydrogens is 412 g/mol. The van der Waals surface area contributed by atoms with Crippen LogP contribution in [-0.2, 0) is 6.54 Å². The molecule has 0 saturated carbocycles. The number of carbonyl (C=O) groups is 2. The summed E-state index contributed by atoms with van der Waals surface area (Å²) in [7, 11) is 0. The number of carbonyl (C=O) groups excluding carboxylic acids is 2. The first-order valence-corrected chi connectivity index (χ1v) is 10.4. The number of aryl methyl sites for hydroxylation is 1. The van der Waals surface area contributed by atoms with Crippen LogP contribution in [0.3, 0.4) is 0 Å². The van der Waals surface area contributed by atoms with Crippen molar-refractivity contribution in [2.45, 2.75) is 13.5 Å². The third kappa shape index (κ3) is 4.78. The summed E-state index contributed by atoms with van der Waals surface area (Å²) in [5.74, 6) is -0.0241. The van der Waals surface area contributed by atoms with Gasteiger partial charge in [-0.25, -0.2) is 14.8 Å². The number of nitrogens with two attached hydrogens (primary N) is 1. The van der Waals surface area contributed by atoms with Gasteiger partial charge in [0.1, 0.15) is 17.0 Å². The SMILES string of the molecule is Cc1cccc(NC(=O)NCc2cccc(NC(=O)c3csc4ncnc(N)c34)c2)c1. The molecule has 31 heavy (non-hydrogen) atoms. The molecule has 4 aromatic rings. The highest BCUT2D eigenvalue weighted by Crippen LogP contribution is 2.28. The standard InChI is InChI=1S/C22H20N6O2S/c1-13-4-2-6-15(8-13)28-22(30)24-10-14-5-3-7-16(9-14)27-20(29)17-11-31-21-18(17)19(23)25-12-26-21/h2-9,11-12H,10H2,1H3,(H,27,29)(H2,23,25,26)(H2,24,28,30). The van der Waals surface area contributed by atoms with E-state index in [0.717, 1.165) is 16.8 Å². The average Bonchev–Trinajstić information content (AvgIpc) is 3.18. The van der Waals surface area contributed by atoms with Crippen molar-refractivity contribution in [1.82, 2.24) is 15.3 Å². The second kappa shape index (κ2) is 8.80. The maximum atomic E-state index is 12.8. The second-order valence-corrected chi connectivity index (χ2v) is 7.78. The Balaban J connectivity index is 1.40. The highest BCUT2D eigenvalue weighted by Gasteiger charge is 2.16. The molecule has 0 saturated heterocycles. The normalized spacial score (nSPS) is 10.6. The lowest BCUT2D eigenvalue weighted by atomic mass is 10.1. The van der Waals surface area contributed by atoms with E-state index in [1.165, 1.54) is 17.7 Å². The summed E-state index contributed by atoms with van der Waals surface area (Å²) in [6, 6.07) is 14.5. The fourth-order valence-corrected chi connectivity index (χ4v) is 4.00. The van der Waals surface area contributed by atoms with Gasteiger partial charge in [-0.2, -0.15) is 0 Å². The second-order valence-electron chi connectivity index (χ2n) is 6.92. The quantitative estimate of drug-likeness (QED) is 0.377. The molecule has 0 radical (unpaired) electrons. The third-order valence-electron chi connectivity index (χ3n) is 4.56. The number of hydrogen-bond acceptors (Lipinski definition) is 6. The van der Waals surface area contributed by atoms with E-state index in [-0.39, 0.29) is 17.8 Å². The fourth-order valence-electron chi connectivity index (χ4n) is 3.10. The number of nitrogen functional groups attached to an aromatic ring is 1. The zero-order valence-electron chi connectivity index (χ0n) is 16.7. The van der Waals surface area contributed by atoms with Gasteiger partial charge in [0.15, 0.2) is 0 Å². The van der Waals surface area contributed by atoms with Gasteiger partial charge in [-0.05, 0) is 42.3 Å². The molecule has 0 atom stereocenters. The van der Waals surface area contributed by atoms with Crippen LogP contribution >= 0.6 is 11.3 Å². The molecule has 2 aromatic heterocycles. The Labute approximate surface area is 182 Å². The van der Waals surface area contributed by atoms with Crippen LogP contribution in [-0.4, -0.2) is 21.9 Å². The van der Waals surface area contributed by atoms with Crippen molar-refractivity contribution in [2.24, 2.45) is 0 Å². The van der Waals surface area contributed by atoms with E-state index >= 15 is 0 Å². The van der Waals surface area contributed by atoms with Crippen molar-refractivity contribution < 1.29 is 9.59 Å². The Morgan fingerprint density at radius 1 is 1.03 bits per heavy atom. The Bertz CT molecular complexity index is 1270. The maximum absolute atomic E-state index is 12.8. The summed E-state index contributed by atoms with van der Waals surface area (Å²) < 4.78 is 0. The van der Waals surface area contributed by atoms with Crippen molar-refractivity contribution in [3.05, 3.63) is 76.9 Å². The van der Waals surface area contributed by atoms with Crippen molar-refractivity contribution >= 4 is 50.7 Å². The molecule has 4 rings (SSSR count). The number of nitrogens with one attached hydrogen (secondary N) is 3. The van der Waals surface area contributed by atoms with Gasteiger partial charge in [-0.15, -0.1) is 11.3 Å². The summed E-state index contributed by atoms with van der Waals surface area (Å²) in [5.41, 5.74) is 9.59. The van der Waals surface area contributed by atoms with Crippen molar-refractivity contribution in [3.63, 3.8) is 0 Å². The number of benzene rings is 2. The van der Waals surface area contributed by atoms with Crippen molar-refractivity contribution in [3.8, 4) is 0 Å². The number of urea groups is 1. The van der Waals surface area contributed by atoms with Gasteiger partial charge in [0.2, 0.25) is 0 Å². The van der Waals surface area contributed by atoms with Gasteiger partial charge < -0.3 is 21.7 Å². The number of thiophene rings is 1. The van der Waals surface area contributed by atoms with Crippen LogP contribution < -0.4 is 21.7 Å². The Morgan fingerprint density at radius 3 is 2.61 bits per heavy atom. The van der Waals surface area contributed by atoms with E-state index < -0.39 is 0 Å². The number of amides is 3. The molecule has 0 aliphatic heterocycles. The number of nitrogens with zero attached hydrogens (tertiary/aromatic N) is 2. The Hall–Kier alpha value is -3.98. The van der Waals surface area contributed by atoms with E-state index in [4.69, 9.17) is 5.73 Å². The molecular formula is C22H20N6O2S. The lowest BCUT2D eigenvalue weighted by Gasteiger charge is -2.10. The van der Waals surface area contributed by atoms with E-state index in [9.17, 15) is 9.59 Å². The molecule has 2 aromatic carbocycles. The first kappa shape index (κ1) is 20.3. The summed E-state index contributed by atoms with van der Waals surface area (Å²) >= 11 is 1.34. The third-order valence-corrected chi connectivity index (χ3v) is 5.44. The monoisotopic (exact) mass is 432 g/mol. The molecule has 0 unspecified atom stereocenters. The maximum Gasteiger partial charge on any atom is 0.319 e. The van der Waals surface area contributed by atoms with Crippen LogP contribution in [0.15, 0.2) is 60.2 Å². The van der Waals surface area contributed by atoms with Crippen LogP contribution in [0.25, 0.3) is 10.2 Å². The first-order chi connectivity index (χ1) is 15.0. The largest absolute Gasteiger partial charge is 0.383 e. The van der Waals surface area contributed by atoms with E-state index in [0.29, 0.717) is 28.0 Å². The molecule has 5 N–H and O–H groups in total. The predicted molar refractivity (Wildman–Crippen MR) is 123 cm³/mol. The number of aromatic nitrogens is 2. The zero-order valence-corrected chi connectivity index (χ0v) is 17.5. The van der Waals surface area contributed by atoms with Gasteiger partial charge >= 0.3 is 6.03 Å². The lowest BCUT2D eigenvalue weighted by molar-refractivity contribution is 0.102. The van der Waals surface area contributed by atoms with Gasteiger partial charge in [-0.3, -0.25) is 4.79 Å². The predicted octanol–water partition coefficient (Wildman–Crippen LogP) is 4.16. The van der Waals surface area contributed by atoms with Crippen LogP contribution in [0, 0.1) is 6.92 Å². The highest BCUT2D eigenvalue weighted by molar-refractivity contribution is 7.17. The molecule has 3 amide bonds. The molecule has 9 heteroatoms. The van der Waals surface area contributed by atoms with Crippen molar-refractivity contribution in [1.29, 1.82) is 0 Å². The minimum absolute atomic E-state index is 0.272. The van der Waals surface area contributed by atoms with Crippen LogP contribution in [0.5, 0.6) is 0 Å². The molecule has 156 valence electrons. The van der Waals surface area contributed by atoms with Crippen molar-refractivity contribution in [2.75, 3.05) is 16.4 Å². The summed E-state index contributed by atoms with van der Waals surface area (Å²) in [4.78, 5) is 33.7. The summed E-state index contributed by atoms with van der Waals surface area (Å²) in [5, 5.41) is 10.7. The smallest absolute Gasteiger partial charge is 0.319 e. The summed E-state index contributed by atoms with van der Waals surface area (Å²) in [6.45, 7) is 2.27. The number of hydrogen-bond donors (Lipinski definition) is 4. The van der Waals surface area contributed by atoms with Gasteiger partial charge in [0.05, 0.1) is 10.9 Å². The first-order valence-electron chi connectivity index (χ1n) is 9.49. The highest BCUT2D eigenvalue weighted by atomic mass is 32.1. The fraction of sp³-hybridized carbons (Fsp3) is 0.0909. The van der Waals surface area contributed by atoms with Crippen LogP contribution in [0.2, 0.25) is 0 Å². The molecule has 0 aliphatic rings. The molecule has 0 fully saturated rings. The molecule has 8 nitrogen and oxygen atoms in total. The minimum atomic E-state index is -0.305. The number of rotatable bonds is 5. The topological polar surface area (TPSA) is 122 Å². The Morgan fingerprint density at radius 2 is 1.81 bits per heavy atom. The number of anilines is 3. The van der Waals surface area contributed by atoms with E-state index in [2.05, 4.69) is 25.9 Å². The average molecular weight is 433 g/mol. The zero-order chi connectivity index (χ0) is 21.8. The minimum Gasteiger partial charge on any atom is -0.383 e. The molecule has 2 heterocycles. The van der Waals surface area contributed by atoms with Crippen LogP contribution in [0.1, 0.15) is 21.5 Å². The van der Waals surface area contributed by atoms with E-state index in [1.807, 2.05) is 43.3 Å². The van der Waals surface area contributed by atoms with E-state index in [1.54, 1.807) is 17.5 Å². The lowest BCUT2D eigenvalue weighted by Crippen LogP contribution is -2.28. The Kier molecular flexibility index (Phi) is 5.76. The molecule has 0 aliphatic carbocycles.